The Bertz CT molecular complexity index is 432. The van der Waals surface area contributed by atoms with Crippen molar-refractivity contribution < 1.29 is 10.0 Å². The lowest BCUT2D eigenvalue weighted by Gasteiger charge is -2.25. The molecule has 1 atom stereocenters. The maximum atomic E-state index is 12.5. The number of carbonyl (C=O) groups is 1. The Morgan fingerprint density at radius 3 is 2.47 bits per heavy atom. The van der Waals surface area contributed by atoms with Crippen LogP contribution in [0.2, 0.25) is 0 Å². The molecule has 0 aliphatic heterocycles. The molecule has 0 aromatic heterocycles. The van der Waals surface area contributed by atoms with Gasteiger partial charge in [0.15, 0.2) is 5.84 Å². The van der Waals surface area contributed by atoms with Gasteiger partial charge >= 0.3 is 0 Å². The summed E-state index contributed by atoms with van der Waals surface area (Å²) >= 11 is 0. The lowest BCUT2D eigenvalue weighted by molar-refractivity contribution is -0.131. The van der Waals surface area contributed by atoms with Crippen molar-refractivity contribution in [2.75, 3.05) is 13.1 Å². The van der Waals surface area contributed by atoms with Gasteiger partial charge in [0.05, 0.1) is 0 Å². The van der Waals surface area contributed by atoms with Crippen LogP contribution in [0.15, 0.2) is 35.5 Å². The topological polar surface area (TPSA) is 78.9 Å². The Kier molecular flexibility index (Phi) is 5.85. The van der Waals surface area contributed by atoms with Crippen molar-refractivity contribution in [3.05, 3.63) is 35.9 Å². The van der Waals surface area contributed by atoms with Crippen molar-refractivity contribution in [3.63, 3.8) is 0 Å². The summed E-state index contributed by atoms with van der Waals surface area (Å²) in [6, 6.07) is 9.13. The Morgan fingerprint density at radius 1 is 1.37 bits per heavy atom. The summed E-state index contributed by atoms with van der Waals surface area (Å²) in [7, 11) is 0. The van der Waals surface area contributed by atoms with E-state index in [1.54, 1.807) is 17.0 Å². The van der Waals surface area contributed by atoms with E-state index in [2.05, 4.69) is 5.16 Å². The Labute approximate surface area is 113 Å². The van der Waals surface area contributed by atoms with Crippen LogP contribution in [0.4, 0.5) is 0 Å². The zero-order valence-corrected chi connectivity index (χ0v) is 11.4. The summed E-state index contributed by atoms with van der Waals surface area (Å²) in [5, 5.41) is 11.9. The zero-order chi connectivity index (χ0) is 14.3. The number of likely N-dealkylation sites (N-methyl/N-ethyl adjacent to an activating group) is 1. The molecule has 3 N–H and O–H groups in total. The van der Waals surface area contributed by atoms with Crippen molar-refractivity contribution in [3.8, 4) is 0 Å². The maximum absolute atomic E-state index is 12.5. The van der Waals surface area contributed by atoms with E-state index in [0.717, 1.165) is 12.0 Å². The van der Waals surface area contributed by atoms with Gasteiger partial charge in [0.2, 0.25) is 5.91 Å². The highest BCUT2D eigenvalue weighted by Gasteiger charge is 2.28. The van der Waals surface area contributed by atoms with Crippen molar-refractivity contribution in [2.24, 2.45) is 10.9 Å². The van der Waals surface area contributed by atoms with Crippen LogP contribution in [0.1, 0.15) is 31.7 Å². The molecule has 1 amide bonds. The molecule has 0 saturated heterocycles. The third-order valence-electron chi connectivity index (χ3n) is 2.98. The first-order valence-electron chi connectivity index (χ1n) is 6.46. The minimum atomic E-state index is -0.724. The highest BCUT2D eigenvalue weighted by Crippen LogP contribution is 2.19. The molecule has 1 aromatic carbocycles. The first-order chi connectivity index (χ1) is 9.15. The quantitative estimate of drug-likeness (QED) is 0.355. The average Bonchev–Trinajstić information content (AvgIpc) is 2.45. The second-order valence-corrected chi connectivity index (χ2v) is 4.29. The van der Waals surface area contributed by atoms with Crippen LogP contribution >= 0.6 is 0 Å². The van der Waals surface area contributed by atoms with E-state index >= 15 is 0 Å². The van der Waals surface area contributed by atoms with E-state index in [4.69, 9.17) is 10.9 Å². The zero-order valence-electron chi connectivity index (χ0n) is 11.4. The number of amides is 1. The fourth-order valence-corrected chi connectivity index (χ4v) is 2.02. The molecule has 0 aliphatic carbocycles. The highest BCUT2D eigenvalue weighted by molar-refractivity contribution is 6.07. The van der Waals surface area contributed by atoms with Gasteiger partial charge in [-0.25, -0.2) is 0 Å². The molecule has 1 rings (SSSR count). The highest BCUT2D eigenvalue weighted by atomic mass is 16.4. The molecule has 0 radical (unpaired) electrons. The molecule has 5 nitrogen and oxygen atoms in total. The number of hydrogen-bond acceptors (Lipinski definition) is 3. The Hall–Kier alpha value is -2.04. The van der Waals surface area contributed by atoms with E-state index in [9.17, 15) is 4.79 Å². The van der Waals surface area contributed by atoms with Gasteiger partial charge in [0.1, 0.15) is 5.92 Å². The van der Waals surface area contributed by atoms with Crippen molar-refractivity contribution in [1.82, 2.24) is 4.90 Å². The number of oxime groups is 1. The lowest BCUT2D eigenvalue weighted by Crippen LogP contribution is -2.40. The Balaban J connectivity index is 3.08. The second kappa shape index (κ2) is 7.41. The fourth-order valence-electron chi connectivity index (χ4n) is 2.02. The van der Waals surface area contributed by atoms with E-state index < -0.39 is 5.92 Å². The van der Waals surface area contributed by atoms with E-state index in [1.165, 1.54) is 0 Å². The standard InChI is InChI=1S/C14H21N3O2/c1-3-10-17(4-2)14(18)12(13(15)16-19)11-8-6-5-7-9-11/h5-9,12,19H,3-4,10H2,1-2H3,(H2,15,16). The van der Waals surface area contributed by atoms with Gasteiger partial charge in [0, 0.05) is 13.1 Å². The van der Waals surface area contributed by atoms with E-state index in [-0.39, 0.29) is 11.7 Å². The molecule has 19 heavy (non-hydrogen) atoms. The molecular weight excluding hydrogens is 242 g/mol. The maximum Gasteiger partial charge on any atom is 0.237 e. The van der Waals surface area contributed by atoms with Gasteiger partial charge in [-0.3, -0.25) is 4.79 Å². The third-order valence-corrected chi connectivity index (χ3v) is 2.98. The molecular formula is C14H21N3O2. The lowest BCUT2D eigenvalue weighted by atomic mass is 9.96. The SMILES string of the molecule is CCCN(CC)C(=O)C(C(N)=NO)c1ccccc1. The Morgan fingerprint density at radius 2 is 2.00 bits per heavy atom. The minimum Gasteiger partial charge on any atom is -0.409 e. The normalized spacial score (nSPS) is 13.1. The second-order valence-electron chi connectivity index (χ2n) is 4.29. The average molecular weight is 263 g/mol. The molecule has 1 aromatic rings. The molecule has 0 aliphatic rings. The van der Waals surface area contributed by atoms with Gasteiger partial charge in [0.25, 0.3) is 0 Å². The summed E-state index contributed by atoms with van der Waals surface area (Å²) in [4.78, 5) is 14.2. The molecule has 0 fully saturated rings. The fraction of sp³-hybridized carbons (Fsp3) is 0.429. The van der Waals surface area contributed by atoms with E-state index in [0.29, 0.717) is 13.1 Å². The summed E-state index contributed by atoms with van der Waals surface area (Å²) in [5.74, 6) is -0.936. The van der Waals surface area contributed by atoms with Crippen LogP contribution in [0.25, 0.3) is 0 Å². The number of benzene rings is 1. The largest absolute Gasteiger partial charge is 0.409 e. The monoisotopic (exact) mass is 263 g/mol. The molecule has 0 spiro atoms. The number of carbonyl (C=O) groups excluding carboxylic acids is 1. The van der Waals surface area contributed by atoms with Crippen LogP contribution < -0.4 is 5.73 Å². The third kappa shape index (κ3) is 3.71. The molecule has 0 heterocycles. The first kappa shape index (κ1) is 15.0. The molecule has 0 bridgehead atoms. The van der Waals surface area contributed by atoms with Crippen molar-refractivity contribution in [2.45, 2.75) is 26.2 Å². The predicted octanol–water partition coefficient (Wildman–Crippen LogP) is 1.78. The van der Waals surface area contributed by atoms with Crippen molar-refractivity contribution >= 4 is 11.7 Å². The summed E-state index contributed by atoms with van der Waals surface area (Å²) < 4.78 is 0. The molecule has 5 heteroatoms. The van der Waals surface area contributed by atoms with Gasteiger partial charge in [-0.15, -0.1) is 0 Å². The number of amidine groups is 1. The summed E-state index contributed by atoms with van der Waals surface area (Å²) in [6.45, 7) is 5.20. The summed E-state index contributed by atoms with van der Waals surface area (Å²) in [5.41, 5.74) is 6.42. The van der Waals surface area contributed by atoms with Crippen LogP contribution in [0, 0.1) is 0 Å². The first-order valence-corrected chi connectivity index (χ1v) is 6.46. The number of nitrogens with two attached hydrogens (primary N) is 1. The van der Waals surface area contributed by atoms with Gasteiger partial charge in [-0.05, 0) is 18.9 Å². The smallest absolute Gasteiger partial charge is 0.237 e. The number of rotatable bonds is 6. The van der Waals surface area contributed by atoms with Crippen LogP contribution in [-0.2, 0) is 4.79 Å². The van der Waals surface area contributed by atoms with E-state index in [1.807, 2.05) is 32.0 Å². The van der Waals surface area contributed by atoms with Gasteiger partial charge in [-0.1, -0.05) is 42.4 Å². The summed E-state index contributed by atoms with van der Waals surface area (Å²) in [6.07, 6.45) is 0.872. The molecule has 104 valence electrons. The van der Waals surface area contributed by atoms with Crippen molar-refractivity contribution in [1.29, 1.82) is 0 Å². The van der Waals surface area contributed by atoms with Crippen LogP contribution in [0.3, 0.4) is 0 Å². The molecule has 1 unspecified atom stereocenters. The van der Waals surface area contributed by atoms with Crippen LogP contribution in [0.5, 0.6) is 0 Å². The number of hydrogen-bond donors (Lipinski definition) is 2. The van der Waals surface area contributed by atoms with Crippen LogP contribution in [-0.4, -0.2) is 34.9 Å². The van der Waals surface area contributed by atoms with Gasteiger partial charge < -0.3 is 15.8 Å². The minimum absolute atomic E-state index is 0.0780. The predicted molar refractivity (Wildman–Crippen MR) is 75.1 cm³/mol. The number of nitrogens with zero attached hydrogens (tertiary/aromatic N) is 2. The molecule has 0 saturated carbocycles. The van der Waals surface area contributed by atoms with Gasteiger partial charge in [-0.2, -0.15) is 0 Å².